The van der Waals surface area contributed by atoms with E-state index in [1.54, 1.807) is 6.07 Å². The number of hydrogen-bond donors (Lipinski definition) is 2. The van der Waals surface area contributed by atoms with Gasteiger partial charge in [0.2, 0.25) is 0 Å². The average Bonchev–Trinajstić information content (AvgIpc) is 2.74. The molecule has 0 aliphatic rings. The van der Waals surface area contributed by atoms with Crippen molar-refractivity contribution >= 4 is 27.4 Å². The maximum absolute atomic E-state index is 13.1. The maximum Gasteiger partial charge on any atom is 0.263 e. The smallest absolute Gasteiger partial charge is 0.263 e. The van der Waals surface area contributed by atoms with E-state index in [2.05, 4.69) is 14.9 Å². The lowest BCUT2D eigenvalue weighted by atomic mass is 10.3. The first-order valence-corrected chi connectivity index (χ1v) is 6.71. The minimum atomic E-state index is -4.06. The number of hydrogen-bond acceptors (Lipinski definition) is 4. The van der Waals surface area contributed by atoms with Crippen molar-refractivity contribution in [1.82, 2.24) is 10.2 Å². The third kappa shape index (κ3) is 2.83. The topological polar surface area (TPSA) is 98.6 Å². The molecule has 6 nitrogen and oxygen atoms in total. The lowest BCUT2D eigenvalue weighted by Crippen LogP contribution is -2.14. The molecule has 9 heteroatoms. The van der Waals surface area contributed by atoms with E-state index in [1.807, 2.05) is 0 Å². The SMILES string of the molecule is N#Cc1cn[nH]c1NS(=O)(=O)c1cc(F)cc(Cl)c1. The molecule has 1 aromatic carbocycles. The Morgan fingerprint density at radius 1 is 1.42 bits per heavy atom. The van der Waals surface area contributed by atoms with Crippen molar-refractivity contribution in [1.29, 1.82) is 5.26 Å². The molecular weight excluding hydrogens is 295 g/mol. The molecule has 2 aromatic rings. The zero-order valence-electron chi connectivity index (χ0n) is 9.18. The molecule has 0 aliphatic heterocycles. The first-order chi connectivity index (χ1) is 8.92. The fraction of sp³-hybridized carbons (Fsp3) is 0. The summed E-state index contributed by atoms with van der Waals surface area (Å²) >= 11 is 5.59. The summed E-state index contributed by atoms with van der Waals surface area (Å²) in [6.07, 6.45) is 1.16. The molecule has 0 aliphatic carbocycles. The summed E-state index contributed by atoms with van der Waals surface area (Å²) < 4.78 is 39.2. The summed E-state index contributed by atoms with van der Waals surface area (Å²) in [5.74, 6) is -0.874. The van der Waals surface area contributed by atoms with Crippen LogP contribution in [0.3, 0.4) is 0 Å². The van der Waals surface area contributed by atoms with Crippen LogP contribution in [0, 0.1) is 17.1 Å². The highest BCUT2D eigenvalue weighted by Gasteiger charge is 2.18. The lowest BCUT2D eigenvalue weighted by Gasteiger charge is -2.06. The van der Waals surface area contributed by atoms with Gasteiger partial charge in [-0.2, -0.15) is 10.4 Å². The van der Waals surface area contributed by atoms with Crippen LogP contribution in [-0.2, 0) is 10.0 Å². The number of benzene rings is 1. The van der Waals surface area contributed by atoms with Crippen LogP contribution in [0.2, 0.25) is 5.02 Å². The van der Waals surface area contributed by atoms with E-state index in [0.29, 0.717) is 0 Å². The molecule has 0 unspecified atom stereocenters. The Morgan fingerprint density at radius 2 is 2.16 bits per heavy atom. The number of aromatic nitrogens is 2. The van der Waals surface area contributed by atoms with Crippen molar-refractivity contribution in [2.75, 3.05) is 4.72 Å². The van der Waals surface area contributed by atoms with Crippen LogP contribution in [0.15, 0.2) is 29.3 Å². The molecule has 1 aromatic heterocycles. The van der Waals surface area contributed by atoms with Gasteiger partial charge in [-0.15, -0.1) is 0 Å². The summed E-state index contributed by atoms with van der Waals surface area (Å²) in [7, 11) is -4.06. The Labute approximate surface area is 112 Å². The van der Waals surface area contributed by atoms with Gasteiger partial charge in [-0.05, 0) is 18.2 Å². The molecule has 98 valence electrons. The standard InChI is InChI=1S/C10H6ClFN4O2S/c11-7-1-8(12)3-9(2-7)19(17,18)16-10-6(4-13)5-14-15-10/h1-3,5H,(H2,14,15,16). The van der Waals surface area contributed by atoms with Crippen LogP contribution in [0.4, 0.5) is 10.2 Å². The predicted octanol–water partition coefficient (Wildman–Crippen LogP) is 1.87. The number of nitrogens with zero attached hydrogens (tertiary/aromatic N) is 2. The molecule has 1 heterocycles. The number of aromatic amines is 1. The first-order valence-electron chi connectivity index (χ1n) is 4.85. The Hall–Kier alpha value is -2.11. The van der Waals surface area contributed by atoms with Crippen LogP contribution in [-0.4, -0.2) is 18.6 Å². The van der Waals surface area contributed by atoms with E-state index in [1.165, 1.54) is 0 Å². The van der Waals surface area contributed by atoms with Crippen molar-refractivity contribution in [2.24, 2.45) is 0 Å². The molecule has 2 N–H and O–H groups in total. The van der Waals surface area contributed by atoms with Gasteiger partial charge >= 0.3 is 0 Å². The number of rotatable bonds is 3. The number of halogens is 2. The predicted molar refractivity (Wildman–Crippen MR) is 65.5 cm³/mol. The van der Waals surface area contributed by atoms with E-state index >= 15 is 0 Å². The van der Waals surface area contributed by atoms with Crippen LogP contribution < -0.4 is 4.72 Å². The third-order valence-corrected chi connectivity index (χ3v) is 3.69. The number of nitriles is 1. The second-order valence-electron chi connectivity index (χ2n) is 3.48. The van der Waals surface area contributed by atoms with Crippen molar-refractivity contribution < 1.29 is 12.8 Å². The normalized spacial score (nSPS) is 11.0. The van der Waals surface area contributed by atoms with Gasteiger partial charge in [0, 0.05) is 5.02 Å². The van der Waals surface area contributed by atoms with E-state index < -0.39 is 15.8 Å². The maximum atomic E-state index is 13.1. The summed E-state index contributed by atoms with van der Waals surface area (Å²) in [5, 5.41) is 14.5. The van der Waals surface area contributed by atoms with Gasteiger partial charge in [-0.3, -0.25) is 9.82 Å². The largest absolute Gasteiger partial charge is 0.263 e. The molecule has 0 radical (unpaired) electrons. The highest BCUT2D eigenvalue weighted by molar-refractivity contribution is 7.92. The van der Waals surface area contributed by atoms with Crippen LogP contribution in [0.5, 0.6) is 0 Å². The Kier molecular flexibility index (Phi) is 3.42. The molecule has 19 heavy (non-hydrogen) atoms. The minimum Gasteiger partial charge on any atom is -0.263 e. The molecule has 2 rings (SSSR count). The molecule has 0 atom stereocenters. The monoisotopic (exact) mass is 300 g/mol. The van der Waals surface area contributed by atoms with Gasteiger partial charge in [0.1, 0.15) is 17.4 Å². The third-order valence-electron chi connectivity index (χ3n) is 2.14. The molecule has 0 saturated carbocycles. The Bertz CT molecular complexity index is 746. The fourth-order valence-corrected chi connectivity index (χ4v) is 2.70. The minimum absolute atomic E-state index is 0.0195. The van der Waals surface area contributed by atoms with Crippen LogP contribution in [0.1, 0.15) is 5.56 Å². The van der Waals surface area contributed by atoms with Gasteiger partial charge in [0.05, 0.1) is 11.1 Å². The average molecular weight is 301 g/mol. The molecule has 0 fully saturated rings. The molecule has 0 bridgehead atoms. The van der Waals surface area contributed by atoms with E-state index in [0.717, 1.165) is 24.4 Å². The van der Waals surface area contributed by atoms with Gasteiger partial charge < -0.3 is 0 Å². The van der Waals surface area contributed by atoms with Crippen LogP contribution >= 0.6 is 11.6 Å². The van der Waals surface area contributed by atoms with E-state index in [4.69, 9.17) is 16.9 Å². The highest BCUT2D eigenvalue weighted by atomic mass is 35.5. The zero-order chi connectivity index (χ0) is 14.0. The van der Waals surface area contributed by atoms with Gasteiger partial charge in [0.15, 0.2) is 5.82 Å². The van der Waals surface area contributed by atoms with Crippen molar-refractivity contribution in [3.05, 3.63) is 40.8 Å². The Balaban J connectivity index is 2.41. The number of anilines is 1. The summed E-state index contributed by atoms with van der Waals surface area (Å²) in [6.45, 7) is 0. The second-order valence-corrected chi connectivity index (χ2v) is 5.60. The highest BCUT2D eigenvalue weighted by Crippen LogP contribution is 2.21. The number of sulfonamides is 1. The first kappa shape index (κ1) is 13.3. The van der Waals surface area contributed by atoms with E-state index in [9.17, 15) is 12.8 Å². The summed E-state index contributed by atoms with van der Waals surface area (Å²) in [6, 6.07) is 4.64. The Morgan fingerprint density at radius 3 is 2.79 bits per heavy atom. The van der Waals surface area contributed by atoms with Gasteiger partial charge in [-0.25, -0.2) is 12.8 Å². The van der Waals surface area contributed by atoms with Crippen molar-refractivity contribution in [3.63, 3.8) is 0 Å². The fourth-order valence-electron chi connectivity index (χ4n) is 1.33. The van der Waals surface area contributed by atoms with Gasteiger partial charge in [-0.1, -0.05) is 11.6 Å². The number of H-pyrrole nitrogens is 1. The van der Waals surface area contributed by atoms with Gasteiger partial charge in [0.25, 0.3) is 10.0 Å². The molecular formula is C10H6ClFN4O2S. The summed E-state index contributed by atoms with van der Waals surface area (Å²) in [4.78, 5) is -0.351. The quantitative estimate of drug-likeness (QED) is 0.904. The number of nitrogens with one attached hydrogen (secondary N) is 2. The van der Waals surface area contributed by atoms with Crippen LogP contribution in [0.25, 0.3) is 0 Å². The van der Waals surface area contributed by atoms with E-state index in [-0.39, 0.29) is 21.3 Å². The van der Waals surface area contributed by atoms with Crippen molar-refractivity contribution in [3.8, 4) is 6.07 Å². The molecule has 0 spiro atoms. The molecule has 0 saturated heterocycles. The lowest BCUT2D eigenvalue weighted by molar-refractivity contribution is 0.595. The zero-order valence-corrected chi connectivity index (χ0v) is 10.8. The van der Waals surface area contributed by atoms with Crippen molar-refractivity contribution in [2.45, 2.75) is 4.90 Å². The second kappa shape index (κ2) is 4.87. The molecule has 0 amide bonds. The summed E-state index contributed by atoms with van der Waals surface area (Å²) in [5.41, 5.74) is 0.0195.